The fraction of sp³-hybridized carbons (Fsp3) is 0.609. The summed E-state index contributed by atoms with van der Waals surface area (Å²) in [6.45, 7) is 3.44. The fourth-order valence-electron chi connectivity index (χ4n) is 3.54. The smallest absolute Gasteiger partial charge is 0.212 e. The van der Waals surface area contributed by atoms with Crippen LogP contribution in [0.5, 0.6) is 0 Å². The molecule has 2 aromatic rings. The largest absolute Gasteiger partial charge is 1.00 e. The van der Waals surface area contributed by atoms with E-state index in [2.05, 4.69) is 54.1 Å². The second-order valence-corrected chi connectivity index (χ2v) is 7.15. The summed E-state index contributed by atoms with van der Waals surface area (Å²) in [4.78, 5) is 0. The summed E-state index contributed by atoms with van der Waals surface area (Å²) in [7, 11) is 0. The maximum atomic E-state index is 2.41. The fourth-order valence-corrected chi connectivity index (χ4v) is 3.54. The molecule has 1 aromatic carbocycles. The van der Waals surface area contributed by atoms with Crippen molar-refractivity contribution in [3.63, 3.8) is 0 Å². The zero-order valence-corrected chi connectivity index (χ0v) is 16.8. The number of benzene rings is 1. The number of aromatic nitrogens is 1. The van der Waals surface area contributed by atoms with E-state index in [-0.39, 0.29) is 12.4 Å². The van der Waals surface area contributed by atoms with Crippen LogP contribution in [0, 0.1) is 0 Å². The van der Waals surface area contributed by atoms with Crippen molar-refractivity contribution in [2.45, 2.75) is 90.5 Å². The molecule has 1 nitrogen and oxygen atoms in total. The van der Waals surface area contributed by atoms with E-state index in [1.54, 1.807) is 0 Å². The molecule has 0 amide bonds. The second kappa shape index (κ2) is 14.1. The average molecular weight is 362 g/mol. The molecular formula is C23H36ClN. The zero-order chi connectivity index (χ0) is 16.9. The Morgan fingerprint density at radius 1 is 0.640 bits per heavy atom. The van der Waals surface area contributed by atoms with E-state index in [0.29, 0.717) is 0 Å². The van der Waals surface area contributed by atoms with Crippen molar-refractivity contribution < 1.29 is 17.0 Å². The Bertz CT molecular complexity index is 562. The molecule has 1 aromatic heterocycles. The van der Waals surface area contributed by atoms with E-state index in [1.807, 2.05) is 0 Å². The average Bonchev–Trinajstić information content (AvgIpc) is 2.63. The van der Waals surface area contributed by atoms with Crippen LogP contribution in [0.4, 0.5) is 0 Å². The van der Waals surface area contributed by atoms with Crippen LogP contribution >= 0.6 is 0 Å². The first-order valence-electron chi connectivity index (χ1n) is 10.3. The van der Waals surface area contributed by atoms with Crippen molar-refractivity contribution >= 4 is 10.9 Å². The summed E-state index contributed by atoms with van der Waals surface area (Å²) in [5.74, 6) is 0. The number of para-hydroxylation sites is 1. The first-order valence-corrected chi connectivity index (χ1v) is 10.3. The molecule has 0 radical (unpaired) electrons. The van der Waals surface area contributed by atoms with Gasteiger partial charge in [-0.05, 0) is 18.6 Å². The molecule has 0 spiro atoms. The van der Waals surface area contributed by atoms with E-state index in [4.69, 9.17) is 0 Å². The molecule has 0 aliphatic rings. The summed E-state index contributed by atoms with van der Waals surface area (Å²) >= 11 is 0. The number of pyridine rings is 1. The highest BCUT2D eigenvalue weighted by Gasteiger charge is 2.06. The van der Waals surface area contributed by atoms with Crippen LogP contribution in [0.25, 0.3) is 10.9 Å². The third kappa shape index (κ3) is 8.72. The Kier molecular flexibility index (Phi) is 12.4. The van der Waals surface area contributed by atoms with Crippen LogP contribution in [0.15, 0.2) is 42.6 Å². The summed E-state index contributed by atoms with van der Waals surface area (Å²) in [6.07, 6.45) is 19.2. The van der Waals surface area contributed by atoms with Crippen molar-refractivity contribution in [2.24, 2.45) is 0 Å². The van der Waals surface area contributed by atoms with Crippen molar-refractivity contribution in [3.05, 3.63) is 42.6 Å². The number of hydrogen-bond donors (Lipinski definition) is 0. The normalized spacial score (nSPS) is 10.8. The van der Waals surface area contributed by atoms with Gasteiger partial charge in [-0.3, -0.25) is 0 Å². The number of rotatable bonds is 13. The molecule has 1 heterocycles. The zero-order valence-electron chi connectivity index (χ0n) is 16.1. The summed E-state index contributed by atoms with van der Waals surface area (Å²) < 4.78 is 2.41. The Labute approximate surface area is 161 Å². The van der Waals surface area contributed by atoms with Crippen LogP contribution < -0.4 is 17.0 Å². The number of fused-ring (bicyclic) bond motifs is 1. The Hall–Kier alpha value is -1.08. The lowest BCUT2D eigenvalue weighted by molar-refractivity contribution is -0.671. The SMILES string of the molecule is CCCCCCCCCCCCCC[n+]1cccc2ccccc21.[Cl-]. The summed E-state index contributed by atoms with van der Waals surface area (Å²) in [5.41, 5.74) is 1.36. The summed E-state index contributed by atoms with van der Waals surface area (Å²) in [6, 6.07) is 13.1. The molecule has 0 unspecified atom stereocenters. The third-order valence-corrected chi connectivity index (χ3v) is 5.04. The van der Waals surface area contributed by atoms with Gasteiger partial charge in [0.2, 0.25) is 5.52 Å². The molecule has 2 heteroatoms. The molecule has 0 fully saturated rings. The van der Waals surface area contributed by atoms with Crippen LogP contribution in [-0.4, -0.2) is 0 Å². The molecule has 2 rings (SSSR count). The lowest BCUT2D eigenvalue weighted by atomic mass is 10.1. The minimum absolute atomic E-state index is 0. The van der Waals surface area contributed by atoms with Gasteiger partial charge >= 0.3 is 0 Å². The lowest BCUT2D eigenvalue weighted by Crippen LogP contribution is -3.00. The number of hydrogen-bond acceptors (Lipinski definition) is 0. The maximum Gasteiger partial charge on any atom is 0.212 e. The molecule has 0 N–H and O–H groups in total. The topological polar surface area (TPSA) is 3.88 Å². The van der Waals surface area contributed by atoms with Gasteiger partial charge < -0.3 is 12.4 Å². The van der Waals surface area contributed by atoms with E-state index in [1.165, 1.54) is 88.0 Å². The van der Waals surface area contributed by atoms with Gasteiger partial charge in [-0.2, -0.15) is 4.57 Å². The first-order chi connectivity index (χ1) is 11.9. The molecule has 25 heavy (non-hydrogen) atoms. The molecule has 0 aliphatic carbocycles. The predicted octanol–water partition coefficient (Wildman–Crippen LogP) is 3.83. The number of halogens is 1. The van der Waals surface area contributed by atoms with Gasteiger partial charge in [0.25, 0.3) is 0 Å². The van der Waals surface area contributed by atoms with E-state index < -0.39 is 0 Å². The molecule has 0 atom stereocenters. The summed E-state index contributed by atoms with van der Waals surface area (Å²) in [5, 5.41) is 1.35. The van der Waals surface area contributed by atoms with Crippen LogP contribution in [0.1, 0.15) is 84.0 Å². The van der Waals surface area contributed by atoms with Crippen molar-refractivity contribution in [2.75, 3.05) is 0 Å². The van der Waals surface area contributed by atoms with Crippen LogP contribution in [-0.2, 0) is 6.54 Å². The van der Waals surface area contributed by atoms with Gasteiger partial charge in [0.1, 0.15) is 6.54 Å². The Balaban J connectivity index is 0.00000312. The van der Waals surface area contributed by atoms with Crippen LogP contribution in [0.2, 0.25) is 0 Å². The quantitative estimate of drug-likeness (QED) is 0.377. The van der Waals surface area contributed by atoms with Crippen LogP contribution in [0.3, 0.4) is 0 Å². The molecule has 0 aliphatic heterocycles. The standard InChI is InChI=1S/C23H36N.ClH/c1-2-3-4-5-6-7-8-9-10-11-12-15-20-24-21-16-18-22-17-13-14-19-23(22)24;/h13-14,16-19,21H,2-12,15,20H2,1H3;1H/q+1;/p-1. The predicted molar refractivity (Wildman–Crippen MR) is 105 cm³/mol. The van der Waals surface area contributed by atoms with Gasteiger partial charge in [0.15, 0.2) is 6.20 Å². The highest BCUT2D eigenvalue weighted by Crippen LogP contribution is 2.12. The van der Waals surface area contributed by atoms with Gasteiger partial charge in [-0.15, -0.1) is 0 Å². The van der Waals surface area contributed by atoms with E-state index in [9.17, 15) is 0 Å². The van der Waals surface area contributed by atoms with E-state index >= 15 is 0 Å². The number of aryl methyl sites for hydroxylation is 1. The highest BCUT2D eigenvalue weighted by molar-refractivity contribution is 5.74. The number of nitrogens with zero attached hydrogens (tertiary/aromatic N) is 1. The van der Waals surface area contributed by atoms with Gasteiger partial charge in [-0.25, -0.2) is 0 Å². The monoisotopic (exact) mass is 361 g/mol. The van der Waals surface area contributed by atoms with Gasteiger partial charge in [0, 0.05) is 23.9 Å². The second-order valence-electron chi connectivity index (χ2n) is 7.15. The van der Waals surface area contributed by atoms with Crippen molar-refractivity contribution in [1.29, 1.82) is 0 Å². The van der Waals surface area contributed by atoms with E-state index in [0.717, 1.165) is 6.54 Å². The third-order valence-electron chi connectivity index (χ3n) is 5.04. The minimum Gasteiger partial charge on any atom is -1.00 e. The van der Waals surface area contributed by atoms with Crippen molar-refractivity contribution in [3.8, 4) is 0 Å². The number of unbranched alkanes of at least 4 members (excludes halogenated alkanes) is 11. The molecule has 140 valence electrons. The Morgan fingerprint density at radius 3 is 1.80 bits per heavy atom. The lowest BCUT2D eigenvalue weighted by Gasteiger charge is -2.03. The molecule has 0 bridgehead atoms. The minimum atomic E-state index is 0. The molecule has 0 saturated heterocycles. The van der Waals surface area contributed by atoms with Gasteiger partial charge in [-0.1, -0.05) is 83.3 Å². The first kappa shape index (κ1) is 22.0. The maximum absolute atomic E-state index is 2.41. The van der Waals surface area contributed by atoms with Gasteiger partial charge in [0.05, 0.1) is 0 Å². The molecule has 0 saturated carbocycles. The Morgan fingerprint density at radius 2 is 1.16 bits per heavy atom. The van der Waals surface area contributed by atoms with Crippen molar-refractivity contribution in [1.82, 2.24) is 0 Å². The highest BCUT2D eigenvalue weighted by atomic mass is 35.5. The molecular weight excluding hydrogens is 326 g/mol.